The summed E-state index contributed by atoms with van der Waals surface area (Å²) in [6.07, 6.45) is 0.119. The number of aromatic nitrogens is 1. The van der Waals surface area contributed by atoms with E-state index in [-0.39, 0.29) is 31.4 Å². The standard InChI is InChI=1S/C13H13FN2O2S.2ClH/c14-11(6-7-15)9-19(17,18)12-5-1-3-10-4-2-8-16-13(10)12;;/h1-6,8H,7,9,15H2;2*1H/b11-6-;;/i1D,2D,3D,4D,5D,8D;;. The van der Waals surface area contributed by atoms with Crippen LogP contribution in [-0.4, -0.2) is 25.7 Å². The maximum absolute atomic E-state index is 13.7. The number of pyridine rings is 1. The first-order valence-electron chi connectivity index (χ1n) is 8.17. The third-order valence-corrected chi connectivity index (χ3v) is 3.78. The minimum atomic E-state index is -4.50. The Morgan fingerprint density at radius 3 is 2.67 bits per heavy atom. The first kappa shape index (κ1) is 11.4. The fourth-order valence-electron chi connectivity index (χ4n) is 1.42. The molecule has 21 heavy (non-hydrogen) atoms. The van der Waals surface area contributed by atoms with Gasteiger partial charge in [-0.05, 0) is 18.2 Å². The summed E-state index contributed by atoms with van der Waals surface area (Å²) in [7, 11) is -4.50. The molecular weight excluding hydrogens is 338 g/mol. The van der Waals surface area contributed by atoms with E-state index in [9.17, 15) is 12.8 Å². The molecule has 0 spiro atoms. The number of sulfone groups is 1. The van der Waals surface area contributed by atoms with Crippen molar-refractivity contribution in [3.8, 4) is 0 Å². The Hall–Kier alpha value is -1.21. The molecule has 0 amide bonds. The number of nitrogens with two attached hydrogens (primary N) is 1. The molecule has 1 aromatic heterocycles. The van der Waals surface area contributed by atoms with E-state index < -0.39 is 73.6 Å². The molecule has 0 fully saturated rings. The Balaban J connectivity index is 0.00000338. The Morgan fingerprint density at radius 1 is 1.33 bits per heavy atom. The van der Waals surface area contributed by atoms with E-state index in [1.807, 2.05) is 0 Å². The summed E-state index contributed by atoms with van der Waals surface area (Å²) in [6.45, 7) is -0.237. The number of fused-ring (bicyclic) bond motifs is 1. The second-order valence-electron chi connectivity index (χ2n) is 3.55. The van der Waals surface area contributed by atoms with Gasteiger partial charge in [-0.15, -0.1) is 24.8 Å². The van der Waals surface area contributed by atoms with Gasteiger partial charge in [0.05, 0.1) is 18.6 Å². The van der Waals surface area contributed by atoms with Gasteiger partial charge in [0.15, 0.2) is 9.84 Å². The third kappa shape index (κ3) is 4.64. The van der Waals surface area contributed by atoms with Gasteiger partial charge in [-0.2, -0.15) is 0 Å². The van der Waals surface area contributed by atoms with Crippen LogP contribution < -0.4 is 5.73 Å². The topological polar surface area (TPSA) is 73.0 Å². The molecule has 0 atom stereocenters. The Kier molecular flexibility index (Phi) is 4.49. The van der Waals surface area contributed by atoms with Crippen molar-refractivity contribution in [2.75, 3.05) is 12.3 Å². The molecule has 0 radical (unpaired) electrons. The zero-order valence-electron chi connectivity index (χ0n) is 16.4. The first-order chi connectivity index (χ1) is 11.5. The molecule has 0 aliphatic carbocycles. The van der Waals surface area contributed by atoms with Crippen LogP contribution in [0.3, 0.4) is 0 Å². The van der Waals surface area contributed by atoms with E-state index >= 15 is 0 Å². The molecular formula is C13H15Cl2FN2O2S. The van der Waals surface area contributed by atoms with Crippen LogP contribution in [0.15, 0.2) is 53.2 Å². The van der Waals surface area contributed by atoms with Gasteiger partial charge in [0.25, 0.3) is 0 Å². The van der Waals surface area contributed by atoms with Gasteiger partial charge in [0.2, 0.25) is 0 Å². The minimum absolute atomic E-state index is 0. The van der Waals surface area contributed by atoms with Crippen LogP contribution in [0, 0.1) is 0 Å². The fraction of sp³-hybridized carbons (Fsp3) is 0.154. The summed E-state index contributed by atoms with van der Waals surface area (Å²) in [6, 6.07) is -3.61. The lowest BCUT2D eigenvalue weighted by Gasteiger charge is -2.06. The van der Waals surface area contributed by atoms with Gasteiger partial charge >= 0.3 is 0 Å². The lowest BCUT2D eigenvalue weighted by atomic mass is 10.2. The Morgan fingerprint density at radius 2 is 2.00 bits per heavy atom. The molecule has 2 rings (SSSR count). The maximum Gasteiger partial charge on any atom is 0.186 e. The number of hydrogen-bond acceptors (Lipinski definition) is 4. The average Bonchev–Trinajstić information content (AvgIpc) is 2.49. The highest BCUT2D eigenvalue weighted by Gasteiger charge is 2.20. The largest absolute Gasteiger partial charge is 0.327 e. The molecule has 0 unspecified atom stereocenters. The van der Waals surface area contributed by atoms with Gasteiger partial charge < -0.3 is 5.73 Å². The van der Waals surface area contributed by atoms with E-state index in [1.165, 1.54) is 0 Å². The molecule has 0 aliphatic heterocycles. The van der Waals surface area contributed by atoms with E-state index in [0.717, 1.165) is 6.08 Å². The summed E-state index contributed by atoms with van der Waals surface area (Å²) in [4.78, 5) is 2.77. The molecule has 1 heterocycles. The van der Waals surface area contributed by atoms with Gasteiger partial charge in [0.1, 0.15) is 11.6 Å². The summed E-state index contributed by atoms with van der Waals surface area (Å²) in [5.74, 6) is -2.20. The van der Waals surface area contributed by atoms with E-state index in [1.54, 1.807) is 0 Å². The number of nitrogens with zero attached hydrogens (tertiary/aromatic N) is 1. The molecule has 1 aromatic carbocycles. The molecule has 116 valence electrons. The van der Waals surface area contributed by atoms with Crippen LogP contribution in [-0.2, 0) is 9.84 Å². The lowest BCUT2D eigenvalue weighted by molar-refractivity contribution is 0.583. The maximum atomic E-state index is 13.7. The predicted octanol–water partition coefficient (Wildman–Crippen LogP) is 2.66. The monoisotopic (exact) mass is 358 g/mol. The van der Waals surface area contributed by atoms with Crippen molar-refractivity contribution in [3.63, 3.8) is 0 Å². The second-order valence-corrected chi connectivity index (χ2v) is 5.47. The lowest BCUT2D eigenvalue weighted by Crippen LogP contribution is -2.09. The van der Waals surface area contributed by atoms with Crippen molar-refractivity contribution < 1.29 is 21.0 Å². The summed E-state index contributed by atoms with van der Waals surface area (Å²) < 4.78 is 85.1. The van der Waals surface area contributed by atoms with Crippen LogP contribution in [0.2, 0.25) is 0 Å². The highest BCUT2D eigenvalue weighted by molar-refractivity contribution is 7.91. The molecule has 0 aliphatic rings. The van der Waals surface area contributed by atoms with Gasteiger partial charge in [-0.3, -0.25) is 4.98 Å². The fourth-order valence-corrected chi connectivity index (χ4v) is 2.69. The van der Waals surface area contributed by atoms with Crippen molar-refractivity contribution in [2.24, 2.45) is 5.73 Å². The summed E-state index contributed by atoms with van der Waals surface area (Å²) in [5.41, 5.74) is 4.56. The van der Waals surface area contributed by atoms with Crippen LogP contribution in [0.25, 0.3) is 10.9 Å². The molecule has 8 heteroatoms. The number of halogens is 3. The van der Waals surface area contributed by atoms with Crippen LogP contribution in [0.1, 0.15) is 8.22 Å². The second kappa shape index (κ2) is 8.29. The van der Waals surface area contributed by atoms with Crippen molar-refractivity contribution in [1.29, 1.82) is 0 Å². The predicted molar refractivity (Wildman–Crippen MR) is 86.5 cm³/mol. The Bertz CT molecular complexity index is 1010. The SMILES string of the molecule is Cl.Cl.[2H]c1nc2c(S(=O)(=O)C/C(F)=C/CN)c([2H])c([2H])c([2H])c2c([2H])c1[2H]. The van der Waals surface area contributed by atoms with Crippen molar-refractivity contribution >= 4 is 45.6 Å². The number of benzene rings is 1. The van der Waals surface area contributed by atoms with Crippen molar-refractivity contribution in [1.82, 2.24) is 4.98 Å². The molecule has 0 bridgehead atoms. The third-order valence-electron chi connectivity index (χ3n) is 2.20. The number of rotatable bonds is 4. The molecule has 2 N–H and O–H groups in total. The number of hydrogen-bond donors (Lipinski definition) is 1. The highest BCUT2D eigenvalue weighted by atomic mass is 35.5. The Labute approximate surface area is 143 Å². The molecule has 2 aromatic rings. The summed E-state index contributed by atoms with van der Waals surface area (Å²) >= 11 is 0. The van der Waals surface area contributed by atoms with Crippen LogP contribution >= 0.6 is 24.8 Å². The van der Waals surface area contributed by atoms with E-state index in [4.69, 9.17) is 14.0 Å². The smallest absolute Gasteiger partial charge is 0.186 e. The zero-order valence-corrected chi connectivity index (χ0v) is 12.9. The van der Waals surface area contributed by atoms with E-state index in [2.05, 4.69) is 4.98 Å². The highest BCUT2D eigenvalue weighted by Crippen LogP contribution is 2.23. The van der Waals surface area contributed by atoms with Crippen LogP contribution in [0.4, 0.5) is 4.39 Å². The molecule has 0 saturated carbocycles. The van der Waals surface area contributed by atoms with Gasteiger partial charge in [-0.1, -0.05) is 18.1 Å². The van der Waals surface area contributed by atoms with Crippen LogP contribution in [0.5, 0.6) is 0 Å². The molecule has 4 nitrogen and oxygen atoms in total. The summed E-state index contributed by atoms with van der Waals surface area (Å²) in [5, 5.41) is -0.441. The van der Waals surface area contributed by atoms with Gasteiger partial charge in [-0.25, -0.2) is 12.8 Å². The zero-order chi connectivity index (χ0) is 19.1. The van der Waals surface area contributed by atoms with Gasteiger partial charge in [0, 0.05) is 18.1 Å². The van der Waals surface area contributed by atoms with Crippen molar-refractivity contribution in [2.45, 2.75) is 4.90 Å². The normalized spacial score (nSPS) is 15.6. The molecule has 0 saturated heterocycles. The van der Waals surface area contributed by atoms with Crippen molar-refractivity contribution in [3.05, 3.63) is 48.3 Å². The quantitative estimate of drug-likeness (QED) is 0.911. The first-order valence-corrected chi connectivity index (χ1v) is 6.82. The minimum Gasteiger partial charge on any atom is -0.327 e. The van der Waals surface area contributed by atoms with E-state index in [0.29, 0.717) is 0 Å². The number of para-hydroxylation sites is 1. The average molecular weight is 359 g/mol.